The molecule has 2 aliphatic rings. The SMILES string of the molecule is Cc1c(-c2ccc3c(c2)C(C)(C)c2ccccc2-3)cc(N(c2ccccc2)c2ccc(-c3ccc(C(C)(C)C)cc3)cc2)cc1-c1ccc2c(c1)C(C)(C)c1ccccc1-2. The number of hydrogen-bond acceptors (Lipinski definition) is 1. The van der Waals surface area contributed by atoms with Gasteiger partial charge in [0, 0.05) is 27.9 Å². The van der Waals surface area contributed by atoms with E-state index in [1.54, 1.807) is 0 Å². The molecule has 0 heterocycles. The van der Waals surface area contributed by atoms with E-state index >= 15 is 0 Å². The van der Waals surface area contributed by atoms with Gasteiger partial charge in [0.1, 0.15) is 0 Å². The molecule has 0 unspecified atom stereocenters. The lowest BCUT2D eigenvalue weighted by Crippen LogP contribution is -2.15. The Morgan fingerprint density at radius 2 is 0.750 bits per heavy atom. The smallest absolute Gasteiger partial charge is 0.0474 e. The van der Waals surface area contributed by atoms with Crippen molar-refractivity contribution < 1.29 is 0 Å². The van der Waals surface area contributed by atoms with Crippen LogP contribution in [0, 0.1) is 6.92 Å². The third kappa shape index (κ3) is 6.05. The van der Waals surface area contributed by atoms with Crippen molar-refractivity contribution >= 4 is 17.1 Å². The highest BCUT2D eigenvalue weighted by atomic mass is 15.1. The van der Waals surface area contributed by atoms with Crippen LogP contribution in [0.4, 0.5) is 17.1 Å². The maximum Gasteiger partial charge on any atom is 0.0474 e. The summed E-state index contributed by atoms with van der Waals surface area (Å²) in [6.45, 7) is 18.6. The zero-order chi connectivity index (χ0) is 41.6. The van der Waals surface area contributed by atoms with Crippen molar-refractivity contribution in [2.45, 2.75) is 71.6 Å². The molecule has 0 spiro atoms. The predicted octanol–water partition coefficient (Wildman–Crippen LogP) is 16.4. The first kappa shape index (κ1) is 37.8. The molecular formula is C59H53N. The van der Waals surface area contributed by atoms with Gasteiger partial charge in [0.15, 0.2) is 0 Å². The van der Waals surface area contributed by atoms with Gasteiger partial charge in [-0.25, -0.2) is 0 Å². The molecule has 1 nitrogen and oxygen atoms in total. The number of anilines is 3. The third-order valence-electron chi connectivity index (χ3n) is 13.7. The molecular weight excluding hydrogens is 723 g/mol. The van der Waals surface area contributed by atoms with Crippen LogP contribution in [-0.4, -0.2) is 0 Å². The van der Waals surface area contributed by atoms with Gasteiger partial charge >= 0.3 is 0 Å². The van der Waals surface area contributed by atoms with Gasteiger partial charge in [-0.15, -0.1) is 0 Å². The Morgan fingerprint density at radius 1 is 0.350 bits per heavy atom. The van der Waals surface area contributed by atoms with Crippen LogP contribution < -0.4 is 4.90 Å². The highest BCUT2D eigenvalue weighted by molar-refractivity contribution is 5.92. The Labute approximate surface area is 357 Å². The molecule has 0 amide bonds. The Morgan fingerprint density at radius 3 is 1.23 bits per heavy atom. The second-order valence-electron chi connectivity index (χ2n) is 19.1. The zero-order valence-corrected chi connectivity index (χ0v) is 36.2. The molecule has 0 radical (unpaired) electrons. The molecule has 1 heteroatoms. The Bertz CT molecular complexity index is 2810. The molecule has 0 atom stereocenters. The number of benzene rings is 8. The van der Waals surface area contributed by atoms with Crippen LogP contribution in [0.15, 0.2) is 176 Å². The van der Waals surface area contributed by atoms with Gasteiger partial charge in [0.2, 0.25) is 0 Å². The monoisotopic (exact) mass is 775 g/mol. The van der Waals surface area contributed by atoms with E-state index in [1.165, 1.54) is 89.0 Å². The summed E-state index contributed by atoms with van der Waals surface area (Å²) in [5, 5.41) is 0. The van der Waals surface area contributed by atoms with Crippen molar-refractivity contribution in [2.24, 2.45) is 0 Å². The number of hydrogen-bond donors (Lipinski definition) is 0. The summed E-state index contributed by atoms with van der Waals surface area (Å²) in [6, 6.07) is 66.1. The highest BCUT2D eigenvalue weighted by Crippen LogP contribution is 2.52. The summed E-state index contributed by atoms with van der Waals surface area (Å²) >= 11 is 0. The Kier molecular flexibility index (Phi) is 8.71. The Hall–Kier alpha value is -6.44. The average Bonchev–Trinajstić information content (AvgIpc) is 3.63. The van der Waals surface area contributed by atoms with Crippen LogP contribution >= 0.6 is 0 Å². The zero-order valence-electron chi connectivity index (χ0n) is 36.2. The van der Waals surface area contributed by atoms with Gasteiger partial charge in [0.25, 0.3) is 0 Å². The third-order valence-corrected chi connectivity index (χ3v) is 13.7. The summed E-state index contributed by atoms with van der Waals surface area (Å²) in [5.41, 5.74) is 24.3. The predicted molar refractivity (Wildman–Crippen MR) is 256 cm³/mol. The standard InChI is InChI=1S/C59H53N/c1-38-51(41-26-32-49-47-18-12-14-20-53(47)58(5,6)55(49)34-41)36-46(37-52(38)42-27-33-50-48-19-13-15-21-54(48)59(7,8)56(50)35-42)60(44-16-10-9-11-17-44)45-30-24-40(25-31-45)39-22-28-43(29-23-39)57(2,3)4/h9-37H,1-8H3. The molecule has 0 N–H and O–H groups in total. The number of fused-ring (bicyclic) bond motifs is 6. The van der Waals surface area contributed by atoms with Crippen LogP contribution in [0.3, 0.4) is 0 Å². The van der Waals surface area contributed by atoms with Crippen LogP contribution in [0.25, 0.3) is 55.6 Å². The van der Waals surface area contributed by atoms with Crippen molar-refractivity contribution in [2.75, 3.05) is 4.90 Å². The lowest BCUT2D eigenvalue weighted by molar-refractivity contribution is 0.590. The van der Waals surface area contributed by atoms with Gasteiger partial charge in [-0.1, -0.05) is 176 Å². The summed E-state index contributed by atoms with van der Waals surface area (Å²) in [4.78, 5) is 2.43. The first-order chi connectivity index (χ1) is 28.8. The molecule has 60 heavy (non-hydrogen) atoms. The quantitative estimate of drug-likeness (QED) is 0.163. The van der Waals surface area contributed by atoms with E-state index in [0.717, 1.165) is 17.1 Å². The molecule has 0 aromatic heterocycles. The summed E-state index contributed by atoms with van der Waals surface area (Å²) in [7, 11) is 0. The molecule has 294 valence electrons. The fourth-order valence-corrected chi connectivity index (χ4v) is 10.2. The van der Waals surface area contributed by atoms with Crippen LogP contribution in [0.2, 0.25) is 0 Å². The van der Waals surface area contributed by atoms with Crippen molar-refractivity contribution in [3.05, 3.63) is 209 Å². The molecule has 2 aliphatic carbocycles. The van der Waals surface area contributed by atoms with Crippen molar-refractivity contribution in [3.63, 3.8) is 0 Å². The summed E-state index contributed by atoms with van der Waals surface area (Å²) in [6.07, 6.45) is 0. The van der Waals surface area contributed by atoms with Gasteiger partial charge in [-0.3, -0.25) is 0 Å². The maximum absolute atomic E-state index is 2.47. The largest absolute Gasteiger partial charge is 0.310 e. The van der Waals surface area contributed by atoms with Gasteiger partial charge in [-0.2, -0.15) is 0 Å². The molecule has 0 saturated carbocycles. The average molecular weight is 776 g/mol. The molecule has 8 aromatic carbocycles. The molecule has 0 aliphatic heterocycles. The highest BCUT2D eigenvalue weighted by Gasteiger charge is 2.37. The molecule has 10 rings (SSSR count). The first-order valence-electron chi connectivity index (χ1n) is 21.5. The van der Waals surface area contributed by atoms with E-state index in [1.807, 2.05) is 0 Å². The Balaban J connectivity index is 1.16. The van der Waals surface area contributed by atoms with E-state index in [4.69, 9.17) is 0 Å². The lowest BCUT2D eigenvalue weighted by Gasteiger charge is -2.28. The van der Waals surface area contributed by atoms with Crippen molar-refractivity contribution in [1.29, 1.82) is 0 Å². The second-order valence-corrected chi connectivity index (χ2v) is 19.1. The number of para-hydroxylation sites is 1. The molecule has 0 fully saturated rings. The van der Waals surface area contributed by atoms with Gasteiger partial charge < -0.3 is 4.90 Å². The number of rotatable bonds is 6. The molecule has 0 bridgehead atoms. The molecule has 0 saturated heterocycles. The number of nitrogens with zero attached hydrogens (tertiary/aromatic N) is 1. The minimum Gasteiger partial charge on any atom is -0.310 e. The van der Waals surface area contributed by atoms with E-state index in [2.05, 4.69) is 236 Å². The van der Waals surface area contributed by atoms with Gasteiger partial charge in [-0.05, 0) is 150 Å². The van der Waals surface area contributed by atoms with Crippen LogP contribution in [0.5, 0.6) is 0 Å². The maximum atomic E-state index is 2.47. The van der Waals surface area contributed by atoms with Crippen LogP contribution in [0.1, 0.15) is 81.8 Å². The summed E-state index contributed by atoms with van der Waals surface area (Å²) in [5.74, 6) is 0. The molecule has 8 aromatic rings. The normalized spacial score (nSPS) is 14.3. The lowest BCUT2D eigenvalue weighted by atomic mass is 9.80. The minimum atomic E-state index is -0.0955. The van der Waals surface area contributed by atoms with Crippen molar-refractivity contribution in [3.8, 4) is 55.6 Å². The topological polar surface area (TPSA) is 3.24 Å². The van der Waals surface area contributed by atoms with E-state index in [-0.39, 0.29) is 16.2 Å². The van der Waals surface area contributed by atoms with E-state index in [9.17, 15) is 0 Å². The minimum absolute atomic E-state index is 0.0955. The fourth-order valence-electron chi connectivity index (χ4n) is 10.2. The van der Waals surface area contributed by atoms with Gasteiger partial charge in [0.05, 0.1) is 0 Å². The van der Waals surface area contributed by atoms with E-state index in [0.29, 0.717) is 0 Å². The second kappa shape index (κ2) is 13.8. The van der Waals surface area contributed by atoms with E-state index < -0.39 is 0 Å². The van der Waals surface area contributed by atoms with Crippen molar-refractivity contribution in [1.82, 2.24) is 0 Å². The fraction of sp³-hybridized carbons (Fsp3) is 0.186. The van der Waals surface area contributed by atoms with Crippen LogP contribution in [-0.2, 0) is 16.2 Å². The first-order valence-corrected chi connectivity index (χ1v) is 21.5. The summed E-state index contributed by atoms with van der Waals surface area (Å²) < 4.78 is 0.